The summed E-state index contributed by atoms with van der Waals surface area (Å²) in [5.74, 6) is -3.59. The maximum Gasteiger partial charge on any atom is 0.303 e. The van der Waals surface area contributed by atoms with E-state index >= 15 is 0 Å². The van der Waals surface area contributed by atoms with Crippen molar-refractivity contribution in [3.8, 4) is 0 Å². The van der Waals surface area contributed by atoms with Crippen LogP contribution in [0.25, 0.3) is 0 Å². The van der Waals surface area contributed by atoms with E-state index in [9.17, 15) is 26.8 Å². The summed E-state index contributed by atoms with van der Waals surface area (Å²) in [5.41, 5.74) is -0.0504. The number of anilines is 1. The number of rotatable bonds is 5. The maximum absolute atomic E-state index is 14.3. The number of hydrogen-bond acceptors (Lipinski definition) is 5. The molecule has 2 aliphatic heterocycles. The van der Waals surface area contributed by atoms with Crippen LogP contribution < -0.4 is 4.90 Å². The first-order valence-electron chi connectivity index (χ1n) is 8.11. The number of hydrogen-bond donors (Lipinski definition) is 1. The smallest absolute Gasteiger partial charge is 0.303 e. The quantitative estimate of drug-likeness (QED) is 0.778. The first-order chi connectivity index (χ1) is 12.7. The van der Waals surface area contributed by atoms with E-state index in [1.165, 1.54) is 11.0 Å². The highest BCUT2D eigenvalue weighted by Gasteiger charge is 2.50. The van der Waals surface area contributed by atoms with Crippen molar-refractivity contribution in [3.63, 3.8) is 0 Å². The molecule has 0 unspecified atom stereocenters. The van der Waals surface area contributed by atoms with E-state index in [2.05, 4.69) is 4.99 Å². The van der Waals surface area contributed by atoms with Gasteiger partial charge in [0.1, 0.15) is 11.6 Å². The Bertz CT molecular complexity index is 919. The average Bonchev–Trinajstić information content (AvgIpc) is 2.98. The first kappa shape index (κ1) is 19.7. The normalized spacial score (nSPS) is 25.0. The van der Waals surface area contributed by atoms with Crippen LogP contribution in [-0.4, -0.2) is 53.4 Å². The van der Waals surface area contributed by atoms with E-state index in [1.807, 2.05) is 0 Å². The number of benzene rings is 1. The van der Waals surface area contributed by atoms with Gasteiger partial charge in [0.05, 0.1) is 23.2 Å². The Balaban J connectivity index is 1.89. The second-order valence-electron chi connectivity index (χ2n) is 6.30. The lowest BCUT2D eigenvalue weighted by molar-refractivity contribution is -0.137. The van der Waals surface area contributed by atoms with Gasteiger partial charge in [0.2, 0.25) is 5.91 Å². The fourth-order valence-electron chi connectivity index (χ4n) is 3.08. The molecule has 1 aromatic rings. The Morgan fingerprint density at radius 2 is 2.00 bits per heavy atom. The van der Waals surface area contributed by atoms with Crippen molar-refractivity contribution < 1.29 is 31.9 Å². The third-order valence-corrected chi connectivity index (χ3v) is 7.45. The lowest BCUT2D eigenvalue weighted by Gasteiger charge is -2.24. The fraction of sp³-hybridized carbons (Fsp3) is 0.438. The van der Waals surface area contributed by atoms with Crippen LogP contribution in [0.1, 0.15) is 19.3 Å². The molecular weight excluding hydrogens is 402 g/mol. The Kier molecular flexibility index (Phi) is 5.52. The number of halogens is 2. The summed E-state index contributed by atoms with van der Waals surface area (Å²) < 4.78 is 51.4. The topological polar surface area (TPSA) is 104 Å². The van der Waals surface area contributed by atoms with Crippen molar-refractivity contribution in [3.05, 3.63) is 29.8 Å². The van der Waals surface area contributed by atoms with Gasteiger partial charge in [0.15, 0.2) is 15.0 Å². The number of amidine groups is 1. The molecule has 0 aromatic heterocycles. The van der Waals surface area contributed by atoms with E-state index in [0.29, 0.717) is 6.07 Å². The zero-order chi connectivity index (χ0) is 19.8. The van der Waals surface area contributed by atoms with Gasteiger partial charge in [-0.3, -0.25) is 9.59 Å². The van der Waals surface area contributed by atoms with Crippen LogP contribution in [0.15, 0.2) is 23.2 Å². The second kappa shape index (κ2) is 7.55. The number of aliphatic carboxylic acids is 1. The molecule has 0 radical (unpaired) electrons. The molecule has 0 spiro atoms. The van der Waals surface area contributed by atoms with Crippen molar-refractivity contribution in [2.24, 2.45) is 4.99 Å². The van der Waals surface area contributed by atoms with Crippen LogP contribution in [-0.2, 0) is 19.4 Å². The summed E-state index contributed by atoms with van der Waals surface area (Å²) in [4.78, 5) is 27.9. The van der Waals surface area contributed by atoms with Gasteiger partial charge in [-0.05, 0) is 18.6 Å². The molecular formula is C16H16F2N2O5S2. The molecule has 7 nitrogen and oxygen atoms in total. The molecule has 1 amide bonds. The maximum atomic E-state index is 14.3. The Morgan fingerprint density at radius 1 is 1.26 bits per heavy atom. The number of nitrogens with zero attached hydrogens (tertiary/aromatic N) is 2. The molecule has 2 aliphatic rings. The molecule has 0 saturated carbocycles. The molecule has 2 heterocycles. The van der Waals surface area contributed by atoms with Gasteiger partial charge in [-0.2, -0.15) is 4.99 Å². The predicted octanol–water partition coefficient (Wildman–Crippen LogP) is 1.82. The van der Waals surface area contributed by atoms with Crippen molar-refractivity contribution in [2.45, 2.75) is 30.6 Å². The highest BCUT2D eigenvalue weighted by Crippen LogP contribution is 2.41. The Morgan fingerprint density at radius 3 is 2.67 bits per heavy atom. The molecule has 2 fully saturated rings. The van der Waals surface area contributed by atoms with Gasteiger partial charge >= 0.3 is 5.97 Å². The van der Waals surface area contributed by atoms with Gasteiger partial charge in [-0.25, -0.2) is 17.2 Å². The number of carboxylic acid groups (broad SMARTS) is 1. The molecule has 0 aliphatic carbocycles. The summed E-state index contributed by atoms with van der Waals surface area (Å²) in [5, 5.41) is 8.36. The number of aliphatic imine (C=N–C) groups is 1. The van der Waals surface area contributed by atoms with Crippen LogP contribution in [0, 0.1) is 11.6 Å². The fourth-order valence-corrected chi connectivity index (χ4v) is 7.00. The molecule has 27 heavy (non-hydrogen) atoms. The van der Waals surface area contributed by atoms with Crippen molar-refractivity contribution in [1.29, 1.82) is 0 Å². The van der Waals surface area contributed by atoms with E-state index in [-0.39, 0.29) is 41.6 Å². The lowest BCUT2D eigenvalue weighted by atomic mass is 10.2. The van der Waals surface area contributed by atoms with Gasteiger partial charge in [0, 0.05) is 24.2 Å². The molecule has 1 aromatic carbocycles. The monoisotopic (exact) mass is 418 g/mol. The summed E-state index contributed by atoms with van der Waals surface area (Å²) >= 11 is 1.07. The van der Waals surface area contributed by atoms with Gasteiger partial charge in [-0.15, -0.1) is 0 Å². The number of carbonyl (C=O) groups is 2. The van der Waals surface area contributed by atoms with Gasteiger partial charge in [-0.1, -0.05) is 11.8 Å². The number of amides is 1. The van der Waals surface area contributed by atoms with Crippen molar-refractivity contribution in [2.75, 3.05) is 16.4 Å². The van der Waals surface area contributed by atoms with Crippen LogP contribution in [0.3, 0.4) is 0 Å². The Labute approximate surface area is 158 Å². The SMILES string of the molecule is O=C(O)CCCC(=O)N=C1S[C@H]2CS(=O)(=O)C[C@H]2N1c1ccc(F)cc1F. The number of fused-ring (bicyclic) bond motifs is 1. The number of carbonyl (C=O) groups excluding carboxylic acids is 1. The van der Waals surface area contributed by atoms with E-state index in [1.54, 1.807) is 0 Å². The average molecular weight is 418 g/mol. The van der Waals surface area contributed by atoms with E-state index < -0.39 is 44.6 Å². The summed E-state index contributed by atoms with van der Waals surface area (Å²) in [6.07, 6.45) is -0.158. The number of carboxylic acids is 1. The highest BCUT2D eigenvalue weighted by molar-refractivity contribution is 8.16. The number of thioether (sulfide) groups is 1. The van der Waals surface area contributed by atoms with Gasteiger partial charge in [0.25, 0.3) is 0 Å². The minimum absolute atomic E-state index is 0.0504. The predicted molar refractivity (Wildman–Crippen MR) is 96.6 cm³/mol. The van der Waals surface area contributed by atoms with Crippen LogP contribution in [0.2, 0.25) is 0 Å². The highest BCUT2D eigenvalue weighted by atomic mass is 32.2. The third kappa shape index (κ3) is 4.46. The molecule has 2 atom stereocenters. The lowest BCUT2D eigenvalue weighted by Crippen LogP contribution is -2.38. The third-order valence-electron chi connectivity index (χ3n) is 4.24. The molecule has 3 rings (SSSR count). The van der Waals surface area contributed by atoms with Crippen molar-refractivity contribution in [1.82, 2.24) is 0 Å². The molecule has 2 saturated heterocycles. The number of sulfone groups is 1. The molecule has 146 valence electrons. The minimum Gasteiger partial charge on any atom is -0.481 e. The second-order valence-corrected chi connectivity index (χ2v) is 9.66. The molecule has 1 N–H and O–H groups in total. The summed E-state index contributed by atoms with van der Waals surface area (Å²) in [6, 6.07) is 2.31. The zero-order valence-corrected chi connectivity index (χ0v) is 15.6. The van der Waals surface area contributed by atoms with Crippen LogP contribution in [0.4, 0.5) is 14.5 Å². The van der Waals surface area contributed by atoms with Crippen molar-refractivity contribution >= 4 is 44.3 Å². The van der Waals surface area contributed by atoms with Crippen LogP contribution >= 0.6 is 11.8 Å². The molecule has 0 bridgehead atoms. The standard InChI is InChI=1S/C16H16F2N2O5S2/c17-9-4-5-11(10(18)6-9)20-12-7-27(24,25)8-13(12)26-16(20)19-14(21)2-1-3-15(22)23/h4-6,12-13H,1-3,7-8H2,(H,22,23)/t12-,13+/m1/s1. The first-order valence-corrected chi connectivity index (χ1v) is 10.8. The van der Waals surface area contributed by atoms with E-state index in [0.717, 1.165) is 17.8 Å². The molecule has 11 heteroatoms. The zero-order valence-electron chi connectivity index (χ0n) is 14.0. The van der Waals surface area contributed by atoms with Gasteiger partial charge < -0.3 is 10.0 Å². The van der Waals surface area contributed by atoms with Crippen LogP contribution in [0.5, 0.6) is 0 Å². The van der Waals surface area contributed by atoms with E-state index in [4.69, 9.17) is 5.11 Å². The minimum atomic E-state index is -3.31. The summed E-state index contributed by atoms with van der Waals surface area (Å²) in [6.45, 7) is 0. The Hall–Kier alpha value is -2.01. The summed E-state index contributed by atoms with van der Waals surface area (Å²) in [7, 11) is -3.31. The largest absolute Gasteiger partial charge is 0.481 e.